The summed E-state index contributed by atoms with van der Waals surface area (Å²) in [5.74, 6) is 0.187. The van der Waals surface area contributed by atoms with Gasteiger partial charge in [-0.3, -0.25) is 9.59 Å². The standard InChI is InChI=1S/C13H23N3O2.ClH/c1-15(2)13(18)11-6-4-8-16(11)12(17)9-10-5-3-7-14-10;/h10-11,14H,3-9H2,1-2H3;1H. The Kier molecular flexibility index (Phi) is 6.07. The van der Waals surface area contributed by atoms with Gasteiger partial charge in [0.25, 0.3) is 0 Å². The second-order valence-corrected chi connectivity index (χ2v) is 5.48. The summed E-state index contributed by atoms with van der Waals surface area (Å²) in [6, 6.07) is 0.0853. The van der Waals surface area contributed by atoms with Gasteiger partial charge in [-0.1, -0.05) is 0 Å². The largest absolute Gasteiger partial charge is 0.347 e. The van der Waals surface area contributed by atoms with Crippen LogP contribution in [0.25, 0.3) is 0 Å². The monoisotopic (exact) mass is 289 g/mol. The van der Waals surface area contributed by atoms with Crippen LogP contribution in [0.15, 0.2) is 0 Å². The third-order valence-corrected chi connectivity index (χ3v) is 3.88. The van der Waals surface area contributed by atoms with Crippen LogP contribution < -0.4 is 5.32 Å². The van der Waals surface area contributed by atoms with Crippen molar-refractivity contribution in [3.05, 3.63) is 0 Å². The summed E-state index contributed by atoms with van der Waals surface area (Å²) in [4.78, 5) is 27.6. The number of likely N-dealkylation sites (N-methyl/N-ethyl adjacent to an activating group) is 1. The van der Waals surface area contributed by atoms with E-state index in [9.17, 15) is 9.59 Å². The molecule has 1 N–H and O–H groups in total. The molecule has 2 amide bonds. The van der Waals surface area contributed by atoms with E-state index in [0.29, 0.717) is 12.5 Å². The van der Waals surface area contributed by atoms with Crippen LogP contribution in [0.3, 0.4) is 0 Å². The van der Waals surface area contributed by atoms with Crippen molar-refractivity contribution in [2.24, 2.45) is 0 Å². The summed E-state index contributed by atoms with van der Waals surface area (Å²) in [7, 11) is 3.50. The van der Waals surface area contributed by atoms with Crippen molar-refractivity contribution in [3.8, 4) is 0 Å². The number of carbonyl (C=O) groups excluding carboxylic acids is 2. The third-order valence-electron chi connectivity index (χ3n) is 3.88. The first-order valence-corrected chi connectivity index (χ1v) is 6.83. The molecule has 5 nitrogen and oxygen atoms in total. The molecule has 0 bridgehead atoms. The maximum atomic E-state index is 12.3. The van der Waals surface area contributed by atoms with Gasteiger partial charge in [0.1, 0.15) is 6.04 Å². The van der Waals surface area contributed by atoms with Gasteiger partial charge in [0.05, 0.1) is 0 Å². The first-order valence-electron chi connectivity index (χ1n) is 6.83. The predicted octanol–water partition coefficient (Wildman–Crippen LogP) is 0.629. The zero-order chi connectivity index (χ0) is 13.1. The number of halogens is 1. The number of amides is 2. The van der Waals surface area contributed by atoms with E-state index < -0.39 is 0 Å². The first-order chi connectivity index (χ1) is 8.59. The molecule has 0 saturated carbocycles. The van der Waals surface area contributed by atoms with Gasteiger partial charge in [-0.15, -0.1) is 12.4 Å². The predicted molar refractivity (Wildman–Crippen MR) is 76.3 cm³/mol. The van der Waals surface area contributed by atoms with Gasteiger partial charge in [0.2, 0.25) is 11.8 Å². The van der Waals surface area contributed by atoms with Crippen LogP contribution in [0.5, 0.6) is 0 Å². The summed E-state index contributed by atoms with van der Waals surface area (Å²) >= 11 is 0. The molecule has 0 aromatic carbocycles. The Labute approximate surface area is 121 Å². The van der Waals surface area contributed by atoms with Gasteiger partial charge in [0.15, 0.2) is 0 Å². The van der Waals surface area contributed by atoms with E-state index in [1.54, 1.807) is 23.9 Å². The number of hydrogen-bond acceptors (Lipinski definition) is 3. The van der Waals surface area contributed by atoms with Crippen molar-refractivity contribution in [2.45, 2.75) is 44.2 Å². The van der Waals surface area contributed by atoms with Gasteiger partial charge in [-0.2, -0.15) is 0 Å². The molecule has 0 aliphatic carbocycles. The van der Waals surface area contributed by atoms with Crippen LogP contribution in [-0.2, 0) is 9.59 Å². The minimum atomic E-state index is -0.228. The molecule has 0 aromatic rings. The number of nitrogens with one attached hydrogen (secondary N) is 1. The van der Waals surface area contributed by atoms with Gasteiger partial charge in [-0.05, 0) is 32.2 Å². The maximum absolute atomic E-state index is 12.3. The molecular formula is C13H24ClN3O2. The van der Waals surface area contributed by atoms with Crippen LogP contribution >= 0.6 is 12.4 Å². The fraction of sp³-hybridized carbons (Fsp3) is 0.846. The van der Waals surface area contributed by atoms with Crippen molar-refractivity contribution >= 4 is 24.2 Å². The fourth-order valence-corrected chi connectivity index (χ4v) is 2.88. The highest BCUT2D eigenvalue weighted by Gasteiger charge is 2.35. The molecular weight excluding hydrogens is 266 g/mol. The summed E-state index contributed by atoms with van der Waals surface area (Å²) in [5.41, 5.74) is 0. The number of carbonyl (C=O) groups is 2. The van der Waals surface area contributed by atoms with E-state index in [1.165, 1.54) is 0 Å². The van der Waals surface area contributed by atoms with Crippen molar-refractivity contribution in [3.63, 3.8) is 0 Å². The molecule has 2 aliphatic heterocycles. The highest BCUT2D eigenvalue weighted by atomic mass is 35.5. The number of hydrogen-bond donors (Lipinski definition) is 1. The van der Waals surface area contributed by atoms with Gasteiger partial charge >= 0.3 is 0 Å². The van der Waals surface area contributed by atoms with E-state index in [2.05, 4.69) is 5.32 Å². The first kappa shape index (κ1) is 16.2. The molecule has 0 spiro atoms. The quantitative estimate of drug-likeness (QED) is 0.829. The topological polar surface area (TPSA) is 52.7 Å². The Morgan fingerprint density at radius 3 is 2.58 bits per heavy atom. The van der Waals surface area contributed by atoms with Crippen LogP contribution in [0.1, 0.15) is 32.1 Å². The lowest BCUT2D eigenvalue weighted by Gasteiger charge is -2.27. The van der Waals surface area contributed by atoms with E-state index >= 15 is 0 Å². The molecule has 110 valence electrons. The molecule has 2 heterocycles. The summed E-state index contributed by atoms with van der Waals surface area (Å²) in [6.45, 7) is 1.74. The van der Waals surface area contributed by atoms with Crippen LogP contribution in [0.4, 0.5) is 0 Å². The second-order valence-electron chi connectivity index (χ2n) is 5.48. The Balaban J connectivity index is 0.00000180. The van der Waals surface area contributed by atoms with E-state index in [4.69, 9.17) is 0 Å². The minimum Gasteiger partial charge on any atom is -0.347 e. The lowest BCUT2D eigenvalue weighted by Crippen LogP contribution is -2.46. The van der Waals surface area contributed by atoms with Crippen molar-refractivity contribution in [2.75, 3.05) is 27.2 Å². The maximum Gasteiger partial charge on any atom is 0.244 e. The summed E-state index contributed by atoms with van der Waals surface area (Å²) < 4.78 is 0. The third kappa shape index (κ3) is 3.83. The highest BCUT2D eigenvalue weighted by Crippen LogP contribution is 2.21. The van der Waals surface area contributed by atoms with E-state index in [0.717, 1.165) is 38.8 Å². The van der Waals surface area contributed by atoms with Gasteiger partial charge in [0, 0.05) is 33.1 Å². The average molecular weight is 290 g/mol. The number of nitrogens with zero attached hydrogens (tertiary/aromatic N) is 2. The molecule has 0 aromatic heterocycles. The van der Waals surface area contributed by atoms with Crippen LogP contribution in [0, 0.1) is 0 Å². The van der Waals surface area contributed by atoms with Gasteiger partial charge in [-0.25, -0.2) is 0 Å². The Morgan fingerprint density at radius 1 is 1.26 bits per heavy atom. The molecule has 2 atom stereocenters. The molecule has 2 aliphatic rings. The highest BCUT2D eigenvalue weighted by molar-refractivity contribution is 5.88. The normalized spacial score (nSPS) is 26.1. The molecule has 2 fully saturated rings. The molecule has 0 radical (unpaired) electrons. The van der Waals surface area contributed by atoms with Crippen LogP contribution in [-0.4, -0.2) is 60.9 Å². The Morgan fingerprint density at radius 2 is 2.00 bits per heavy atom. The molecule has 2 saturated heterocycles. The molecule has 19 heavy (non-hydrogen) atoms. The number of likely N-dealkylation sites (tertiary alicyclic amines) is 1. The summed E-state index contributed by atoms with van der Waals surface area (Å²) in [6.07, 6.45) is 4.51. The van der Waals surface area contributed by atoms with Crippen molar-refractivity contribution < 1.29 is 9.59 Å². The average Bonchev–Trinajstić information content (AvgIpc) is 2.97. The van der Waals surface area contributed by atoms with E-state index in [-0.39, 0.29) is 30.3 Å². The van der Waals surface area contributed by atoms with Crippen molar-refractivity contribution in [1.82, 2.24) is 15.1 Å². The Hall–Kier alpha value is -0.810. The minimum absolute atomic E-state index is 0. The zero-order valence-electron chi connectivity index (χ0n) is 11.7. The SMILES string of the molecule is CN(C)C(=O)C1CCCN1C(=O)CC1CCCN1.Cl. The summed E-state index contributed by atoms with van der Waals surface area (Å²) in [5, 5.41) is 3.33. The Bertz CT molecular complexity index is 330. The van der Waals surface area contributed by atoms with Crippen molar-refractivity contribution in [1.29, 1.82) is 0 Å². The second kappa shape index (κ2) is 7.10. The van der Waals surface area contributed by atoms with E-state index in [1.807, 2.05) is 0 Å². The molecule has 2 rings (SSSR count). The zero-order valence-corrected chi connectivity index (χ0v) is 12.5. The lowest BCUT2D eigenvalue weighted by atomic mass is 10.1. The molecule has 6 heteroatoms. The fourth-order valence-electron chi connectivity index (χ4n) is 2.88. The lowest BCUT2D eigenvalue weighted by molar-refractivity contribution is -0.142. The number of rotatable bonds is 3. The molecule has 2 unspecified atom stereocenters. The van der Waals surface area contributed by atoms with Gasteiger partial charge < -0.3 is 15.1 Å². The smallest absolute Gasteiger partial charge is 0.244 e. The van der Waals surface area contributed by atoms with Crippen LogP contribution in [0.2, 0.25) is 0 Å².